The van der Waals surface area contributed by atoms with E-state index in [1.165, 1.54) is 19.7 Å². The van der Waals surface area contributed by atoms with Crippen molar-refractivity contribution in [3.63, 3.8) is 0 Å². The predicted octanol–water partition coefficient (Wildman–Crippen LogP) is 2.90. The number of carbonyl (C=O) groups is 1. The number of nitrogens with one attached hydrogen (secondary N) is 1. The van der Waals surface area contributed by atoms with E-state index in [2.05, 4.69) is 11.4 Å². The molecular formula is C20H24N2O4S. The second-order valence-electron chi connectivity index (χ2n) is 6.73. The first-order valence-corrected chi connectivity index (χ1v) is 10.7. The van der Waals surface area contributed by atoms with Crippen LogP contribution in [0.2, 0.25) is 0 Å². The molecule has 0 aliphatic heterocycles. The molecule has 2 aromatic carbocycles. The Kier molecular flexibility index (Phi) is 5.41. The van der Waals surface area contributed by atoms with Crippen LogP contribution in [0.3, 0.4) is 0 Å². The topological polar surface area (TPSA) is 75.7 Å². The van der Waals surface area contributed by atoms with E-state index in [-0.39, 0.29) is 11.9 Å². The van der Waals surface area contributed by atoms with Gasteiger partial charge in [-0.3, -0.25) is 9.10 Å². The Hall–Kier alpha value is -2.54. The fraction of sp³-hybridized carbons (Fsp3) is 0.350. The first kappa shape index (κ1) is 19.2. The summed E-state index contributed by atoms with van der Waals surface area (Å²) in [6.45, 7) is 0. The highest BCUT2D eigenvalue weighted by Crippen LogP contribution is 2.31. The van der Waals surface area contributed by atoms with E-state index in [1.54, 1.807) is 18.2 Å². The number of ether oxygens (including phenoxy) is 1. The van der Waals surface area contributed by atoms with Crippen LogP contribution in [0, 0.1) is 0 Å². The molecule has 1 atom stereocenters. The fourth-order valence-corrected chi connectivity index (χ4v) is 3.90. The normalized spacial score (nSPS) is 16.3. The minimum Gasteiger partial charge on any atom is -0.496 e. The van der Waals surface area contributed by atoms with Crippen LogP contribution in [0.4, 0.5) is 5.69 Å². The van der Waals surface area contributed by atoms with Crippen LogP contribution in [-0.2, 0) is 16.4 Å². The summed E-state index contributed by atoms with van der Waals surface area (Å²) < 4.78 is 30.1. The predicted molar refractivity (Wildman–Crippen MR) is 106 cm³/mol. The lowest BCUT2D eigenvalue weighted by Gasteiger charge is -2.27. The van der Waals surface area contributed by atoms with Crippen LogP contribution < -0.4 is 14.4 Å². The molecule has 0 spiro atoms. The standard InChI is InChI=1S/C20H24N2O4S/c1-22(27(3,24)25)15-11-12-19(26-2)17(13-15)20(23)21-18-10-6-8-14-7-4-5-9-16(14)18/h4-5,7,9,11-13,18H,6,8,10H2,1-3H3,(H,21,23)/t18-/m0/s1. The molecule has 7 heteroatoms. The zero-order valence-corrected chi connectivity index (χ0v) is 16.5. The highest BCUT2D eigenvalue weighted by atomic mass is 32.2. The van der Waals surface area contributed by atoms with Crippen LogP contribution in [0.15, 0.2) is 42.5 Å². The maximum atomic E-state index is 13.0. The number of rotatable bonds is 5. The fourth-order valence-electron chi connectivity index (χ4n) is 3.40. The van der Waals surface area contributed by atoms with Crippen molar-refractivity contribution >= 4 is 21.6 Å². The monoisotopic (exact) mass is 388 g/mol. The maximum Gasteiger partial charge on any atom is 0.255 e. The molecule has 0 saturated carbocycles. The van der Waals surface area contributed by atoms with Gasteiger partial charge in [0.05, 0.1) is 30.7 Å². The number of nitrogens with zero attached hydrogens (tertiary/aromatic N) is 1. The van der Waals surface area contributed by atoms with Crippen LogP contribution in [-0.4, -0.2) is 34.7 Å². The van der Waals surface area contributed by atoms with Crippen molar-refractivity contribution in [2.45, 2.75) is 25.3 Å². The summed E-state index contributed by atoms with van der Waals surface area (Å²) in [5.74, 6) is 0.125. The van der Waals surface area contributed by atoms with Gasteiger partial charge in [-0.05, 0) is 48.6 Å². The summed E-state index contributed by atoms with van der Waals surface area (Å²) in [5.41, 5.74) is 3.12. The van der Waals surface area contributed by atoms with Gasteiger partial charge in [0, 0.05) is 7.05 Å². The minimum absolute atomic E-state index is 0.0663. The van der Waals surface area contributed by atoms with Crippen molar-refractivity contribution in [2.24, 2.45) is 0 Å². The number of fused-ring (bicyclic) bond motifs is 1. The Balaban J connectivity index is 1.90. The second-order valence-corrected chi connectivity index (χ2v) is 8.75. The van der Waals surface area contributed by atoms with Gasteiger partial charge in [-0.1, -0.05) is 24.3 Å². The van der Waals surface area contributed by atoms with Gasteiger partial charge >= 0.3 is 0 Å². The van der Waals surface area contributed by atoms with Crippen LogP contribution in [0.1, 0.15) is 40.4 Å². The summed E-state index contributed by atoms with van der Waals surface area (Å²) >= 11 is 0. The third-order valence-electron chi connectivity index (χ3n) is 4.96. The third-order valence-corrected chi connectivity index (χ3v) is 6.17. The Morgan fingerprint density at radius 2 is 1.96 bits per heavy atom. The average Bonchev–Trinajstić information content (AvgIpc) is 2.66. The summed E-state index contributed by atoms with van der Waals surface area (Å²) in [4.78, 5) is 13.0. The third kappa shape index (κ3) is 4.08. The van der Waals surface area contributed by atoms with Crippen LogP contribution in [0.25, 0.3) is 0 Å². The number of methoxy groups -OCH3 is 1. The Bertz CT molecular complexity index is 956. The largest absolute Gasteiger partial charge is 0.496 e. The number of carbonyl (C=O) groups excluding carboxylic acids is 1. The number of sulfonamides is 1. The first-order chi connectivity index (χ1) is 12.8. The summed E-state index contributed by atoms with van der Waals surface area (Å²) in [6.07, 6.45) is 4.01. The Morgan fingerprint density at radius 3 is 2.67 bits per heavy atom. The van der Waals surface area contributed by atoms with Crippen molar-refractivity contribution < 1.29 is 17.9 Å². The van der Waals surface area contributed by atoms with Crippen LogP contribution in [0.5, 0.6) is 5.75 Å². The van der Waals surface area contributed by atoms with Gasteiger partial charge in [0.25, 0.3) is 5.91 Å². The van der Waals surface area contributed by atoms with Crippen molar-refractivity contribution in [1.82, 2.24) is 5.32 Å². The number of aryl methyl sites for hydroxylation is 1. The molecule has 0 saturated heterocycles. The SMILES string of the molecule is COc1ccc(N(C)S(C)(=O)=O)cc1C(=O)N[C@H]1CCCc2ccccc21. The maximum absolute atomic E-state index is 13.0. The molecule has 1 amide bonds. The Morgan fingerprint density at radius 1 is 1.22 bits per heavy atom. The van der Waals surface area contributed by atoms with Crippen LogP contribution >= 0.6 is 0 Å². The minimum atomic E-state index is -3.42. The molecule has 0 aromatic heterocycles. The number of hydrogen-bond donors (Lipinski definition) is 1. The van der Waals surface area contributed by atoms with E-state index in [9.17, 15) is 13.2 Å². The Labute approximate surface area is 160 Å². The number of anilines is 1. The van der Waals surface area contributed by atoms with Gasteiger partial charge in [0.15, 0.2) is 0 Å². The molecule has 0 unspecified atom stereocenters. The number of hydrogen-bond acceptors (Lipinski definition) is 4. The van der Waals surface area contributed by atoms with Gasteiger partial charge in [0.2, 0.25) is 10.0 Å². The molecule has 27 heavy (non-hydrogen) atoms. The molecule has 3 rings (SSSR count). The lowest BCUT2D eigenvalue weighted by Crippen LogP contribution is -2.31. The van der Waals surface area contributed by atoms with Crippen molar-refractivity contribution in [2.75, 3.05) is 24.7 Å². The van der Waals surface area contributed by atoms with E-state index < -0.39 is 10.0 Å². The van der Waals surface area contributed by atoms with E-state index in [0.29, 0.717) is 17.0 Å². The molecule has 0 radical (unpaired) electrons. The van der Waals surface area contributed by atoms with Gasteiger partial charge in [0.1, 0.15) is 5.75 Å². The average molecular weight is 388 g/mol. The molecule has 0 bridgehead atoms. The molecular weight excluding hydrogens is 364 g/mol. The van der Waals surface area contributed by atoms with Crippen molar-refractivity contribution in [3.05, 3.63) is 59.2 Å². The molecule has 2 aromatic rings. The molecule has 1 aliphatic carbocycles. The molecule has 0 heterocycles. The molecule has 144 valence electrons. The molecule has 0 fully saturated rings. The van der Waals surface area contributed by atoms with Crippen molar-refractivity contribution in [3.8, 4) is 5.75 Å². The van der Waals surface area contributed by atoms with Gasteiger partial charge in [-0.25, -0.2) is 8.42 Å². The summed E-state index contributed by atoms with van der Waals surface area (Å²) in [6, 6.07) is 12.8. The number of benzene rings is 2. The molecule has 1 N–H and O–H groups in total. The number of amides is 1. The quantitative estimate of drug-likeness (QED) is 0.855. The van der Waals surface area contributed by atoms with Crippen molar-refractivity contribution in [1.29, 1.82) is 0 Å². The molecule has 6 nitrogen and oxygen atoms in total. The van der Waals surface area contributed by atoms with Gasteiger partial charge < -0.3 is 10.1 Å². The highest BCUT2D eigenvalue weighted by Gasteiger charge is 2.24. The lowest BCUT2D eigenvalue weighted by atomic mass is 9.87. The smallest absolute Gasteiger partial charge is 0.255 e. The highest BCUT2D eigenvalue weighted by molar-refractivity contribution is 7.92. The lowest BCUT2D eigenvalue weighted by molar-refractivity contribution is 0.0929. The van der Waals surface area contributed by atoms with Gasteiger partial charge in [-0.2, -0.15) is 0 Å². The summed E-state index contributed by atoms with van der Waals surface area (Å²) in [7, 11) is -0.482. The van der Waals surface area contributed by atoms with Gasteiger partial charge in [-0.15, -0.1) is 0 Å². The van der Waals surface area contributed by atoms with E-state index in [1.807, 2.05) is 18.2 Å². The van der Waals surface area contributed by atoms with E-state index >= 15 is 0 Å². The zero-order valence-electron chi connectivity index (χ0n) is 15.7. The summed E-state index contributed by atoms with van der Waals surface area (Å²) in [5, 5.41) is 3.08. The second kappa shape index (κ2) is 7.60. The molecule has 1 aliphatic rings. The van der Waals surface area contributed by atoms with E-state index in [4.69, 9.17) is 4.74 Å². The zero-order chi connectivity index (χ0) is 19.6. The first-order valence-electron chi connectivity index (χ1n) is 8.82. The van der Waals surface area contributed by atoms with E-state index in [0.717, 1.165) is 35.4 Å².